The van der Waals surface area contributed by atoms with Gasteiger partial charge in [0.05, 0.1) is 11.6 Å². The van der Waals surface area contributed by atoms with Crippen molar-refractivity contribution in [1.82, 2.24) is 9.78 Å². The van der Waals surface area contributed by atoms with E-state index in [9.17, 15) is 9.59 Å². The molecule has 134 valence electrons. The molecule has 1 aliphatic heterocycles. The third kappa shape index (κ3) is 4.28. The Bertz CT molecular complexity index is 874. The summed E-state index contributed by atoms with van der Waals surface area (Å²) in [5, 5.41) is 15.9. The number of hydrogen-bond donors (Lipinski definition) is 1. The summed E-state index contributed by atoms with van der Waals surface area (Å²) in [6.45, 7) is 3.89. The Morgan fingerprint density at radius 2 is 1.92 bits per heavy atom. The lowest BCUT2D eigenvalue weighted by atomic mass is 9.99. The first kappa shape index (κ1) is 17.7. The van der Waals surface area contributed by atoms with Gasteiger partial charge < -0.3 is 10.2 Å². The molecule has 7 nitrogen and oxygen atoms in total. The van der Waals surface area contributed by atoms with E-state index in [1.165, 1.54) is 10.7 Å². The average Bonchev–Trinajstić information content (AvgIpc) is 2.65. The predicted octanol–water partition coefficient (Wildman–Crippen LogP) is 1.99. The molecule has 1 aliphatic rings. The van der Waals surface area contributed by atoms with Crippen molar-refractivity contribution >= 4 is 17.4 Å². The summed E-state index contributed by atoms with van der Waals surface area (Å²) in [5.41, 5.74) is 0.779. The first-order valence-corrected chi connectivity index (χ1v) is 8.68. The standard InChI is InChI=1S/C19H21N5O2/c1-14-8-10-23(11-9-14)17-6-7-19(26)24(22-17)13-18(25)21-16-4-2-15(12-20)3-5-16/h2-7,14H,8-11,13H2,1H3,(H,21,25). The van der Waals surface area contributed by atoms with Crippen LogP contribution in [-0.2, 0) is 11.3 Å². The van der Waals surface area contributed by atoms with Crippen LogP contribution >= 0.6 is 0 Å². The summed E-state index contributed by atoms with van der Waals surface area (Å²) < 4.78 is 1.19. The molecular weight excluding hydrogens is 330 g/mol. The zero-order valence-corrected chi connectivity index (χ0v) is 14.7. The monoisotopic (exact) mass is 351 g/mol. The lowest BCUT2D eigenvalue weighted by Crippen LogP contribution is -2.36. The number of amides is 1. The molecule has 2 heterocycles. The molecule has 2 aromatic rings. The number of carbonyl (C=O) groups is 1. The Hall–Kier alpha value is -3.14. The second kappa shape index (κ2) is 7.83. The third-order valence-electron chi connectivity index (χ3n) is 4.55. The summed E-state index contributed by atoms with van der Waals surface area (Å²) in [7, 11) is 0. The van der Waals surface area contributed by atoms with Crippen molar-refractivity contribution < 1.29 is 4.79 Å². The number of rotatable bonds is 4. The van der Waals surface area contributed by atoms with Crippen molar-refractivity contribution in [3.63, 3.8) is 0 Å². The molecule has 1 fully saturated rings. The van der Waals surface area contributed by atoms with Gasteiger partial charge in [0.25, 0.3) is 5.56 Å². The number of nitrogens with zero attached hydrogens (tertiary/aromatic N) is 4. The van der Waals surface area contributed by atoms with Gasteiger partial charge in [0.15, 0.2) is 0 Å². The zero-order valence-electron chi connectivity index (χ0n) is 14.7. The topological polar surface area (TPSA) is 91.0 Å². The Morgan fingerprint density at radius 1 is 1.23 bits per heavy atom. The number of carbonyl (C=O) groups excluding carboxylic acids is 1. The smallest absolute Gasteiger partial charge is 0.267 e. The number of anilines is 2. The average molecular weight is 351 g/mol. The predicted molar refractivity (Wildman–Crippen MR) is 98.9 cm³/mol. The number of nitriles is 1. The van der Waals surface area contributed by atoms with E-state index in [0.717, 1.165) is 31.7 Å². The number of benzene rings is 1. The van der Waals surface area contributed by atoms with E-state index in [1.54, 1.807) is 30.3 Å². The summed E-state index contributed by atoms with van der Waals surface area (Å²) in [5.74, 6) is 1.09. The van der Waals surface area contributed by atoms with Crippen LogP contribution in [-0.4, -0.2) is 28.8 Å². The van der Waals surface area contributed by atoms with Crippen molar-refractivity contribution in [2.75, 3.05) is 23.3 Å². The molecule has 1 amide bonds. The number of piperidine rings is 1. The molecule has 1 N–H and O–H groups in total. The van der Waals surface area contributed by atoms with Gasteiger partial charge in [-0.3, -0.25) is 9.59 Å². The molecule has 0 spiro atoms. The highest BCUT2D eigenvalue weighted by Crippen LogP contribution is 2.20. The van der Waals surface area contributed by atoms with Crippen LogP contribution in [0.25, 0.3) is 0 Å². The molecule has 7 heteroatoms. The highest BCUT2D eigenvalue weighted by atomic mass is 16.2. The molecule has 26 heavy (non-hydrogen) atoms. The fourth-order valence-electron chi connectivity index (χ4n) is 2.92. The minimum atomic E-state index is -0.339. The minimum absolute atomic E-state index is 0.156. The fourth-order valence-corrected chi connectivity index (χ4v) is 2.92. The highest BCUT2D eigenvalue weighted by molar-refractivity contribution is 5.90. The van der Waals surface area contributed by atoms with Gasteiger partial charge in [-0.2, -0.15) is 10.4 Å². The Kier molecular flexibility index (Phi) is 5.32. The van der Waals surface area contributed by atoms with Crippen molar-refractivity contribution in [2.24, 2.45) is 5.92 Å². The van der Waals surface area contributed by atoms with Crippen LogP contribution < -0.4 is 15.8 Å². The van der Waals surface area contributed by atoms with Crippen molar-refractivity contribution in [3.8, 4) is 6.07 Å². The van der Waals surface area contributed by atoms with Gasteiger partial charge in [-0.25, -0.2) is 4.68 Å². The zero-order chi connectivity index (χ0) is 18.5. The molecule has 0 atom stereocenters. The van der Waals surface area contributed by atoms with E-state index in [1.807, 2.05) is 6.07 Å². The van der Waals surface area contributed by atoms with E-state index in [4.69, 9.17) is 5.26 Å². The summed E-state index contributed by atoms with van der Waals surface area (Å²) in [4.78, 5) is 26.4. The normalized spacial score (nSPS) is 14.7. The van der Waals surface area contributed by atoms with Gasteiger partial charge in [0.1, 0.15) is 12.4 Å². The van der Waals surface area contributed by atoms with E-state index in [0.29, 0.717) is 17.2 Å². The van der Waals surface area contributed by atoms with E-state index < -0.39 is 0 Å². The van der Waals surface area contributed by atoms with E-state index in [2.05, 4.69) is 22.2 Å². The molecule has 1 saturated heterocycles. The van der Waals surface area contributed by atoms with Crippen LogP contribution in [0.15, 0.2) is 41.2 Å². The SMILES string of the molecule is CC1CCN(c2ccc(=O)n(CC(=O)Nc3ccc(C#N)cc3)n2)CC1. The molecule has 0 bridgehead atoms. The number of hydrogen-bond acceptors (Lipinski definition) is 5. The quantitative estimate of drug-likeness (QED) is 0.910. The van der Waals surface area contributed by atoms with Gasteiger partial charge in [-0.05, 0) is 49.1 Å². The van der Waals surface area contributed by atoms with Crippen molar-refractivity contribution in [1.29, 1.82) is 5.26 Å². The minimum Gasteiger partial charge on any atom is -0.355 e. The molecule has 0 saturated carbocycles. The van der Waals surface area contributed by atoms with Gasteiger partial charge in [-0.1, -0.05) is 6.92 Å². The van der Waals surface area contributed by atoms with Crippen molar-refractivity contribution in [3.05, 3.63) is 52.3 Å². The van der Waals surface area contributed by atoms with Gasteiger partial charge in [0.2, 0.25) is 5.91 Å². The molecule has 0 aliphatic carbocycles. The molecule has 0 unspecified atom stereocenters. The lowest BCUT2D eigenvalue weighted by Gasteiger charge is -2.31. The summed E-state index contributed by atoms with van der Waals surface area (Å²) >= 11 is 0. The summed E-state index contributed by atoms with van der Waals surface area (Å²) in [6.07, 6.45) is 2.19. The lowest BCUT2D eigenvalue weighted by molar-refractivity contribution is -0.117. The van der Waals surface area contributed by atoms with Gasteiger partial charge in [0, 0.05) is 24.8 Å². The molecule has 1 aromatic heterocycles. The van der Waals surface area contributed by atoms with Crippen LogP contribution in [0, 0.1) is 17.2 Å². The number of aromatic nitrogens is 2. The van der Waals surface area contributed by atoms with Crippen LogP contribution in [0.4, 0.5) is 11.5 Å². The largest absolute Gasteiger partial charge is 0.355 e. The highest BCUT2D eigenvalue weighted by Gasteiger charge is 2.18. The summed E-state index contributed by atoms with van der Waals surface area (Å²) in [6, 6.07) is 11.7. The van der Waals surface area contributed by atoms with Crippen molar-refractivity contribution in [2.45, 2.75) is 26.3 Å². The molecule has 1 aromatic carbocycles. The molecular formula is C19H21N5O2. The van der Waals surface area contributed by atoms with Crippen LogP contribution in [0.1, 0.15) is 25.3 Å². The third-order valence-corrected chi connectivity index (χ3v) is 4.55. The maximum absolute atomic E-state index is 12.2. The Labute approximate surface area is 151 Å². The van der Waals surface area contributed by atoms with Crippen LogP contribution in [0.3, 0.4) is 0 Å². The maximum atomic E-state index is 12.2. The number of nitrogens with one attached hydrogen (secondary N) is 1. The first-order chi connectivity index (χ1) is 12.5. The van der Waals surface area contributed by atoms with Crippen LogP contribution in [0.2, 0.25) is 0 Å². The Balaban J connectivity index is 1.68. The Morgan fingerprint density at radius 3 is 2.58 bits per heavy atom. The molecule has 3 rings (SSSR count). The van der Waals surface area contributed by atoms with Gasteiger partial charge >= 0.3 is 0 Å². The van der Waals surface area contributed by atoms with Gasteiger partial charge in [-0.15, -0.1) is 0 Å². The second-order valence-corrected chi connectivity index (χ2v) is 6.59. The fraction of sp³-hybridized carbons (Fsp3) is 0.368. The van der Waals surface area contributed by atoms with E-state index >= 15 is 0 Å². The second-order valence-electron chi connectivity index (χ2n) is 6.59. The molecule has 0 radical (unpaired) electrons. The van der Waals surface area contributed by atoms with Crippen LogP contribution in [0.5, 0.6) is 0 Å². The maximum Gasteiger partial charge on any atom is 0.267 e. The first-order valence-electron chi connectivity index (χ1n) is 8.68. The van der Waals surface area contributed by atoms with E-state index in [-0.39, 0.29) is 18.0 Å².